The Morgan fingerprint density at radius 1 is 0.425 bits per heavy atom. The van der Waals surface area contributed by atoms with Crippen LogP contribution in [0, 0.1) is 0 Å². The first-order chi connectivity index (χ1) is 19.0. The van der Waals surface area contributed by atoms with E-state index in [2.05, 4.69) is 4.98 Å². The second-order valence-corrected chi connectivity index (χ2v) is 9.40. The average Bonchev–Trinajstić information content (AvgIpc) is 2.95. The molecule has 40 heavy (non-hydrogen) atoms. The van der Waals surface area contributed by atoms with Crippen molar-refractivity contribution >= 4 is 21.5 Å². The lowest BCUT2D eigenvalue weighted by molar-refractivity contribution is -0.143. The lowest BCUT2D eigenvalue weighted by Gasteiger charge is -2.16. The van der Waals surface area contributed by atoms with Crippen LogP contribution in [0.4, 0.5) is 26.3 Å². The Balaban J connectivity index is 1.60. The summed E-state index contributed by atoms with van der Waals surface area (Å²) in [6.07, 6.45) is -8.28. The Morgan fingerprint density at radius 2 is 0.975 bits per heavy atom. The smallest absolute Gasteiger partial charge is 0.254 e. The minimum atomic E-state index is -4.97. The minimum absolute atomic E-state index is 0.126. The molecule has 0 atom stereocenters. The predicted molar refractivity (Wildman–Crippen MR) is 143 cm³/mol. The van der Waals surface area contributed by atoms with Crippen molar-refractivity contribution in [1.82, 2.24) is 9.97 Å². The van der Waals surface area contributed by atoms with Crippen molar-refractivity contribution in [3.63, 3.8) is 0 Å². The van der Waals surface area contributed by atoms with E-state index in [1.807, 2.05) is 66.7 Å². The van der Waals surface area contributed by atoms with Gasteiger partial charge >= 0.3 is 12.4 Å². The summed E-state index contributed by atoms with van der Waals surface area (Å²) in [5.41, 5.74) is -1.04. The van der Waals surface area contributed by atoms with Crippen LogP contribution in [0.25, 0.3) is 55.3 Å². The van der Waals surface area contributed by atoms with Crippen LogP contribution in [-0.2, 0) is 12.4 Å². The van der Waals surface area contributed by atoms with Crippen LogP contribution in [0.3, 0.4) is 0 Å². The maximum Gasteiger partial charge on any atom is 0.416 e. The maximum absolute atomic E-state index is 13.6. The molecule has 6 aromatic rings. The van der Waals surface area contributed by atoms with Gasteiger partial charge in [0, 0.05) is 17.1 Å². The van der Waals surface area contributed by atoms with E-state index in [4.69, 9.17) is 4.98 Å². The van der Waals surface area contributed by atoms with Gasteiger partial charge in [-0.25, -0.2) is 4.98 Å². The van der Waals surface area contributed by atoms with Gasteiger partial charge in [0.1, 0.15) is 0 Å². The van der Waals surface area contributed by atoms with E-state index in [0.29, 0.717) is 22.6 Å². The molecular formula is C32H18F6N2. The Morgan fingerprint density at radius 3 is 1.62 bits per heavy atom. The van der Waals surface area contributed by atoms with Gasteiger partial charge in [-0.05, 0) is 69.8 Å². The molecule has 8 heteroatoms. The number of nitrogens with zero attached hydrogens (tertiary/aromatic N) is 2. The Labute approximate surface area is 224 Å². The van der Waals surface area contributed by atoms with Crippen molar-refractivity contribution in [2.24, 2.45) is 0 Å². The molecule has 6 rings (SSSR count). The van der Waals surface area contributed by atoms with Gasteiger partial charge in [0.25, 0.3) is 0 Å². The molecule has 0 aliphatic rings. The highest BCUT2D eigenvalue weighted by Gasteiger charge is 2.37. The highest BCUT2D eigenvalue weighted by molar-refractivity contribution is 5.89. The quantitative estimate of drug-likeness (QED) is 0.207. The standard InChI is InChI=1S/C32H18F6N2/c33-31(34,35)26-12-24(13-27(17-26)32(36,37)38)25-15-28(22-10-9-19-5-1-2-6-20(19)11-22)40-30(16-25)29-14-21-7-3-4-8-23(21)18-39-29/h1-18H. The molecule has 0 amide bonds. The van der Waals surface area contributed by atoms with Gasteiger partial charge in [-0.3, -0.25) is 4.98 Å². The zero-order chi connectivity index (χ0) is 28.1. The van der Waals surface area contributed by atoms with Crippen molar-refractivity contribution < 1.29 is 26.3 Å². The van der Waals surface area contributed by atoms with Crippen LogP contribution in [-0.4, -0.2) is 9.97 Å². The van der Waals surface area contributed by atoms with Gasteiger partial charge in [0.05, 0.1) is 28.2 Å². The van der Waals surface area contributed by atoms with Crippen LogP contribution in [0.2, 0.25) is 0 Å². The SMILES string of the molecule is FC(F)(F)c1cc(-c2cc(-c3ccc4ccccc4c3)nc(-c3cc4ccccc4cn3)c2)cc(C(F)(F)F)c1. The summed E-state index contributed by atoms with van der Waals surface area (Å²) in [5.74, 6) is 0. The van der Waals surface area contributed by atoms with E-state index in [1.165, 1.54) is 12.1 Å². The van der Waals surface area contributed by atoms with Gasteiger partial charge in [0.15, 0.2) is 0 Å². The van der Waals surface area contributed by atoms with E-state index in [9.17, 15) is 26.3 Å². The summed E-state index contributed by atoms with van der Waals surface area (Å²) in [7, 11) is 0. The first kappa shape index (κ1) is 25.6. The van der Waals surface area contributed by atoms with Crippen LogP contribution in [0.15, 0.2) is 109 Å². The first-order valence-corrected chi connectivity index (χ1v) is 12.2. The molecule has 0 N–H and O–H groups in total. The molecule has 198 valence electrons. The number of halogens is 6. The number of hydrogen-bond acceptors (Lipinski definition) is 2. The summed E-state index contributed by atoms with van der Waals surface area (Å²) >= 11 is 0. The topological polar surface area (TPSA) is 25.8 Å². The van der Waals surface area contributed by atoms with E-state index in [0.717, 1.165) is 33.7 Å². The number of alkyl halides is 6. The van der Waals surface area contributed by atoms with Crippen LogP contribution in [0.1, 0.15) is 11.1 Å². The zero-order valence-electron chi connectivity index (χ0n) is 20.6. The number of pyridine rings is 2. The normalized spacial score (nSPS) is 12.2. The third kappa shape index (κ3) is 5.00. The second-order valence-electron chi connectivity index (χ2n) is 9.40. The van der Waals surface area contributed by atoms with Gasteiger partial charge in [-0.2, -0.15) is 26.3 Å². The van der Waals surface area contributed by atoms with E-state index in [-0.39, 0.29) is 17.2 Å². The van der Waals surface area contributed by atoms with Crippen LogP contribution < -0.4 is 0 Å². The lowest BCUT2D eigenvalue weighted by Crippen LogP contribution is -2.11. The molecule has 4 aromatic carbocycles. The Bertz CT molecular complexity index is 1760. The molecule has 0 unspecified atom stereocenters. The largest absolute Gasteiger partial charge is 0.416 e. The van der Waals surface area contributed by atoms with Gasteiger partial charge in [0.2, 0.25) is 0 Å². The molecule has 2 heterocycles. The first-order valence-electron chi connectivity index (χ1n) is 12.2. The Kier molecular flexibility index (Phi) is 6.06. The lowest BCUT2D eigenvalue weighted by atomic mass is 9.96. The summed E-state index contributed by atoms with van der Waals surface area (Å²) in [6.45, 7) is 0. The molecule has 0 radical (unpaired) electrons. The molecule has 0 spiro atoms. The third-order valence-electron chi connectivity index (χ3n) is 6.68. The fourth-order valence-corrected chi connectivity index (χ4v) is 4.67. The molecule has 2 aromatic heterocycles. The minimum Gasteiger partial charge on any atom is -0.254 e. The van der Waals surface area contributed by atoms with Crippen LogP contribution in [0.5, 0.6) is 0 Å². The molecule has 0 aliphatic carbocycles. The van der Waals surface area contributed by atoms with E-state index < -0.39 is 23.5 Å². The molecule has 0 saturated carbocycles. The molecule has 0 bridgehead atoms. The van der Waals surface area contributed by atoms with Crippen LogP contribution >= 0.6 is 0 Å². The Hall–Kier alpha value is -4.72. The number of hydrogen-bond donors (Lipinski definition) is 0. The van der Waals surface area contributed by atoms with Gasteiger partial charge in [-0.15, -0.1) is 0 Å². The molecule has 0 aliphatic heterocycles. The third-order valence-corrected chi connectivity index (χ3v) is 6.68. The predicted octanol–water partition coefficient (Wildman–Crippen LogP) is 9.82. The average molecular weight is 544 g/mol. The van der Waals surface area contributed by atoms with Crippen molar-refractivity contribution in [3.05, 3.63) is 120 Å². The molecule has 2 nitrogen and oxygen atoms in total. The van der Waals surface area contributed by atoms with E-state index in [1.54, 1.807) is 12.3 Å². The van der Waals surface area contributed by atoms with Crippen molar-refractivity contribution in [1.29, 1.82) is 0 Å². The monoisotopic (exact) mass is 544 g/mol. The van der Waals surface area contributed by atoms with Crippen molar-refractivity contribution in [2.75, 3.05) is 0 Å². The number of rotatable bonds is 3. The second kappa shape index (κ2) is 9.48. The summed E-state index contributed by atoms with van der Waals surface area (Å²) in [6, 6.07) is 27.1. The summed E-state index contributed by atoms with van der Waals surface area (Å²) < 4.78 is 81.9. The highest BCUT2D eigenvalue weighted by atomic mass is 19.4. The van der Waals surface area contributed by atoms with E-state index >= 15 is 0 Å². The fourth-order valence-electron chi connectivity index (χ4n) is 4.67. The number of fused-ring (bicyclic) bond motifs is 2. The zero-order valence-corrected chi connectivity index (χ0v) is 20.6. The van der Waals surface area contributed by atoms with Crippen molar-refractivity contribution in [2.45, 2.75) is 12.4 Å². The van der Waals surface area contributed by atoms with Crippen molar-refractivity contribution in [3.8, 4) is 33.8 Å². The molecular weight excluding hydrogens is 526 g/mol. The number of benzene rings is 4. The molecule has 0 saturated heterocycles. The maximum atomic E-state index is 13.6. The summed E-state index contributed by atoms with van der Waals surface area (Å²) in [5, 5.41) is 3.64. The van der Waals surface area contributed by atoms with Gasteiger partial charge in [-0.1, -0.05) is 60.7 Å². The molecule has 0 fully saturated rings. The summed E-state index contributed by atoms with van der Waals surface area (Å²) in [4.78, 5) is 9.24. The fraction of sp³-hybridized carbons (Fsp3) is 0.0625. The highest BCUT2D eigenvalue weighted by Crippen LogP contribution is 2.40. The number of aromatic nitrogens is 2. The van der Waals surface area contributed by atoms with Gasteiger partial charge < -0.3 is 0 Å².